The molecule has 0 rings (SSSR count). The summed E-state index contributed by atoms with van der Waals surface area (Å²) in [5.74, 6) is 0.963. The third-order valence-corrected chi connectivity index (χ3v) is 2.63. The van der Waals surface area contributed by atoms with Crippen molar-refractivity contribution in [1.82, 2.24) is 0 Å². The summed E-state index contributed by atoms with van der Waals surface area (Å²) < 4.78 is 0. The van der Waals surface area contributed by atoms with Gasteiger partial charge in [0, 0.05) is 6.42 Å². The van der Waals surface area contributed by atoms with Crippen molar-refractivity contribution in [2.45, 2.75) is 52.9 Å². The molecule has 0 amide bonds. The smallest absolute Gasteiger partial charge is 0.129 e. The highest BCUT2D eigenvalue weighted by Gasteiger charge is 2.02. The van der Waals surface area contributed by atoms with E-state index in [0.29, 0.717) is 11.7 Å². The van der Waals surface area contributed by atoms with Crippen LogP contribution < -0.4 is 0 Å². The quantitative estimate of drug-likeness (QED) is 0.628. The fourth-order valence-electron chi connectivity index (χ4n) is 1.52. The lowest BCUT2D eigenvalue weighted by molar-refractivity contribution is -0.117. The zero-order valence-corrected chi connectivity index (χ0v) is 10.3. The zero-order valence-electron chi connectivity index (χ0n) is 10.3. The van der Waals surface area contributed by atoms with Gasteiger partial charge in [-0.2, -0.15) is 0 Å². The Hall–Kier alpha value is -0.630. The van der Waals surface area contributed by atoms with E-state index in [4.69, 9.17) is 5.11 Å². The molecule has 2 nitrogen and oxygen atoms in total. The first-order chi connectivity index (χ1) is 7.06. The summed E-state index contributed by atoms with van der Waals surface area (Å²) in [4.78, 5) is 10.7. The van der Waals surface area contributed by atoms with Gasteiger partial charge in [-0.15, -0.1) is 0 Å². The van der Waals surface area contributed by atoms with Gasteiger partial charge in [0.25, 0.3) is 0 Å². The molecule has 0 unspecified atom stereocenters. The minimum absolute atomic E-state index is 0.165. The Kier molecular flexibility index (Phi) is 8.30. The minimum Gasteiger partial charge on any atom is -0.392 e. The van der Waals surface area contributed by atoms with Crippen molar-refractivity contribution in [1.29, 1.82) is 0 Å². The number of hydrogen-bond donors (Lipinski definition) is 1. The molecule has 1 atom stereocenters. The molecule has 0 heterocycles. The van der Waals surface area contributed by atoms with Gasteiger partial charge in [0.2, 0.25) is 0 Å². The largest absolute Gasteiger partial charge is 0.392 e. The summed E-state index contributed by atoms with van der Waals surface area (Å²) >= 11 is 0. The maximum Gasteiger partial charge on any atom is 0.129 e. The molecule has 15 heavy (non-hydrogen) atoms. The van der Waals surface area contributed by atoms with Gasteiger partial charge in [-0.25, -0.2) is 0 Å². The molecule has 0 bridgehead atoms. The molecule has 0 spiro atoms. The first-order valence-corrected chi connectivity index (χ1v) is 5.82. The van der Waals surface area contributed by atoms with E-state index in [1.54, 1.807) is 6.92 Å². The summed E-state index contributed by atoms with van der Waals surface area (Å²) in [6.45, 7) is 5.99. The van der Waals surface area contributed by atoms with Crippen LogP contribution in [0.15, 0.2) is 11.6 Å². The molecule has 0 aliphatic heterocycles. The van der Waals surface area contributed by atoms with Crippen molar-refractivity contribution >= 4 is 5.78 Å². The van der Waals surface area contributed by atoms with E-state index in [1.807, 2.05) is 6.92 Å². The molecule has 0 saturated heterocycles. The highest BCUT2D eigenvalue weighted by Crippen LogP contribution is 2.15. The van der Waals surface area contributed by atoms with E-state index in [9.17, 15) is 4.79 Å². The standard InChI is InChI=1S/C13H24O2/c1-11(7-5-9-13(3)15)6-4-8-12(2)10-14/h8,11,14H,4-7,9-10H2,1-3H3/b12-8+/t11-/m0/s1. The van der Waals surface area contributed by atoms with Gasteiger partial charge in [-0.3, -0.25) is 0 Å². The Morgan fingerprint density at radius 2 is 2.00 bits per heavy atom. The van der Waals surface area contributed by atoms with Crippen molar-refractivity contribution < 1.29 is 9.90 Å². The van der Waals surface area contributed by atoms with Gasteiger partial charge < -0.3 is 9.90 Å². The van der Waals surface area contributed by atoms with Gasteiger partial charge in [0.1, 0.15) is 5.78 Å². The third kappa shape index (κ3) is 9.67. The second-order valence-corrected chi connectivity index (χ2v) is 4.49. The van der Waals surface area contributed by atoms with Crippen LogP contribution in [0, 0.1) is 5.92 Å². The minimum atomic E-state index is 0.165. The monoisotopic (exact) mass is 212 g/mol. The zero-order chi connectivity index (χ0) is 11.7. The van der Waals surface area contributed by atoms with Crippen LogP contribution in [0.2, 0.25) is 0 Å². The van der Waals surface area contributed by atoms with Crippen LogP contribution in [0.5, 0.6) is 0 Å². The van der Waals surface area contributed by atoms with E-state index >= 15 is 0 Å². The van der Waals surface area contributed by atoms with Crippen LogP contribution in [0.3, 0.4) is 0 Å². The summed E-state index contributed by atoms with van der Waals surface area (Å²) in [5.41, 5.74) is 1.05. The molecule has 0 fully saturated rings. The number of carbonyl (C=O) groups is 1. The van der Waals surface area contributed by atoms with Gasteiger partial charge >= 0.3 is 0 Å². The molecular formula is C13H24O2. The molecule has 0 aromatic carbocycles. The lowest BCUT2D eigenvalue weighted by Gasteiger charge is -2.08. The third-order valence-electron chi connectivity index (χ3n) is 2.63. The van der Waals surface area contributed by atoms with Crippen LogP contribution in [0.4, 0.5) is 0 Å². The van der Waals surface area contributed by atoms with E-state index < -0.39 is 0 Å². The second-order valence-electron chi connectivity index (χ2n) is 4.49. The fourth-order valence-corrected chi connectivity index (χ4v) is 1.52. The number of aliphatic hydroxyl groups excluding tert-OH is 1. The Morgan fingerprint density at radius 3 is 2.53 bits per heavy atom. The van der Waals surface area contributed by atoms with Crippen molar-refractivity contribution in [2.24, 2.45) is 5.92 Å². The SMILES string of the molecule is CC(=O)CCC[C@@H](C)CC/C=C(\C)CO. The molecule has 0 aliphatic rings. The van der Waals surface area contributed by atoms with Crippen molar-refractivity contribution in [3.05, 3.63) is 11.6 Å². The molecule has 88 valence electrons. The van der Waals surface area contributed by atoms with E-state index in [-0.39, 0.29) is 6.61 Å². The van der Waals surface area contributed by atoms with Crippen LogP contribution in [0.25, 0.3) is 0 Å². The number of ketones is 1. The summed E-state index contributed by atoms with van der Waals surface area (Å²) in [6, 6.07) is 0. The average molecular weight is 212 g/mol. The lowest BCUT2D eigenvalue weighted by Crippen LogP contribution is -1.97. The highest BCUT2D eigenvalue weighted by molar-refractivity contribution is 5.75. The first kappa shape index (κ1) is 14.4. The van der Waals surface area contributed by atoms with Gasteiger partial charge in [-0.05, 0) is 39.0 Å². The summed E-state index contributed by atoms with van der Waals surface area (Å²) in [5, 5.41) is 8.80. The number of aliphatic hydroxyl groups is 1. The Labute approximate surface area is 93.4 Å². The molecule has 0 saturated carbocycles. The normalized spacial score (nSPS) is 14.0. The molecule has 1 N–H and O–H groups in total. The number of Topliss-reactive ketones (excluding diaryl/α,β-unsaturated/α-hetero) is 1. The van der Waals surface area contributed by atoms with Gasteiger partial charge in [0.05, 0.1) is 6.61 Å². The van der Waals surface area contributed by atoms with Crippen molar-refractivity contribution in [3.8, 4) is 0 Å². The molecule has 0 aromatic rings. The molecule has 2 heteroatoms. The second kappa shape index (κ2) is 8.66. The first-order valence-electron chi connectivity index (χ1n) is 5.82. The van der Waals surface area contributed by atoms with Crippen LogP contribution in [0.1, 0.15) is 52.9 Å². The van der Waals surface area contributed by atoms with Gasteiger partial charge in [0.15, 0.2) is 0 Å². The fraction of sp³-hybridized carbons (Fsp3) is 0.769. The highest BCUT2D eigenvalue weighted by atomic mass is 16.3. The maximum absolute atomic E-state index is 10.7. The summed E-state index contributed by atoms with van der Waals surface area (Å²) in [6.07, 6.45) is 7.14. The van der Waals surface area contributed by atoms with Gasteiger partial charge in [-0.1, -0.05) is 25.0 Å². The Bertz CT molecular complexity index is 207. The predicted octanol–water partition coefficient (Wildman–Crippen LogP) is 3.10. The number of carbonyl (C=O) groups excluding carboxylic acids is 1. The number of allylic oxidation sites excluding steroid dienone is 1. The van der Waals surface area contributed by atoms with Crippen LogP contribution >= 0.6 is 0 Å². The number of hydrogen-bond acceptors (Lipinski definition) is 2. The molecule has 0 aliphatic carbocycles. The van der Waals surface area contributed by atoms with E-state index in [1.165, 1.54) is 0 Å². The van der Waals surface area contributed by atoms with E-state index in [0.717, 1.165) is 37.7 Å². The van der Waals surface area contributed by atoms with Crippen LogP contribution in [-0.2, 0) is 4.79 Å². The number of rotatable bonds is 8. The molecular weight excluding hydrogens is 188 g/mol. The Morgan fingerprint density at radius 1 is 1.33 bits per heavy atom. The topological polar surface area (TPSA) is 37.3 Å². The maximum atomic E-state index is 10.7. The van der Waals surface area contributed by atoms with E-state index in [2.05, 4.69) is 13.0 Å². The average Bonchev–Trinajstić information content (AvgIpc) is 2.17. The summed E-state index contributed by atoms with van der Waals surface area (Å²) in [7, 11) is 0. The van der Waals surface area contributed by atoms with Crippen molar-refractivity contribution in [2.75, 3.05) is 6.61 Å². The molecule has 0 aromatic heterocycles. The predicted molar refractivity (Wildman–Crippen MR) is 63.8 cm³/mol. The van der Waals surface area contributed by atoms with Crippen molar-refractivity contribution in [3.63, 3.8) is 0 Å². The lowest BCUT2D eigenvalue weighted by atomic mass is 9.97. The van der Waals surface area contributed by atoms with Crippen LogP contribution in [-0.4, -0.2) is 17.5 Å². The molecule has 0 radical (unpaired) electrons. The Balaban J connectivity index is 3.49.